The first kappa shape index (κ1) is 37.1. The van der Waals surface area contributed by atoms with Crippen LogP contribution in [0, 0.1) is 12.8 Å². The van der Waals surface area contributed by atoms with Crippen LogP contribution in [0.1, 0.15) is 53.4 Å². The minimum absolute atomic E-state index is 0.0544. The quantitative estimate of drug-likeness (QED) is 0.280. The molecule has 1 fully saturated rings. The fourth-order valence-corrected chi connectivity index (χ4v) is 6.67. The Morgan fingerprint density at radius 2 is 1.71 bits per heavy atom. The first-order valence-electron chi connectivity index (χ1n) is 17.4. The zero-order valence-electron chi connectivity index (χ0n) is 29.6. The maximum Gasteiger partial charge on any atom is 0.258 e. The van der Waals surface area contributed by atoms with Gasteiger partial charge in [-0.2, -0.15) is 0 Å². The lowest BCUT2D eigenvalue weighted by Gasteiger charge is -2.29. The van der Waals surface area contributed by atoms with Crippen molar-refractivity contribution in [2.75, 3.05) is 46.5 Å². The minimum atomic E-state index is -0.990. The standard InChI is InChI=1S/C38H48N6O7/c1-24(2)17-32-38(49)43(15-16-50-4)22-34(45)40-31(18-26-9-6-5-7-10-26)36(47)42-33-21-44(37(48)29-13-14-39-25(29)3)20-30(33)27-11-8-12-28(19-27)51-23-35(46)41-32/h5-14,19,24,30-33,39H,15-18,20-23H2,1-4H3,(H,40,45)(H,41,46)(H,42,47)/t30-,31-,32+,33+/m0/s1. The molecule has 2 aliphatic heterocycles. The predicted molar refractivity (Wildman–Crippen MR) is 190 cm³/mol. The molecule has 0 spiro atoms. The molecular formula is C38H48N6O7. The number of carbonyl (C=O) groups excluding carboxylic acids is 5. The van der Waals surface area contributed by atoms with Gasteiger partial charge in [0, 0.05) is 51.0 Å². The van der Waals surface area contributed by atoms with Gasteiger partial charge in [-0.3, -0.25) is 24.0 Å². The van der Waals surface area contributed by atoms with Gasteiger partial charge in [0.05, 0.1) is 24.8 Å². The summed E-state index contributed by atoms with van der Waals surface area (Å²) in [7, 11) is 1.50. The molecule has 3 heterocycles. The van der Waals surface area contributed by atoms with E-state index >= 15 is 0 Å². The Hall–Kier alpha value is -5.17. The molecule has 1 saturated heterocycles. The Labute approximate surface area is 298 Å². The maximum absolute atomic E-state index is 14.2. The number of H-pyrrole nitrogens is 1. The largest absolute Gasteiger partial charge is 0.484 e. The molecule has 1 aromatic heterocycles. The second-order valence-electron chi connectivity index (χ2n) is 13.6. The number of carbonyl (C=O) groups is 5. The van der Waals surface area contributed by atoms with E-state index in [0.717, 1.165) is 16.8 Å². The summed E-state index contributed by atoms with van der Waals surface area (Å²) in [6.07, 6.45) is 2.25. The van der Waals surface area contributed by atoms with E-state index < -0.39 is 41.8 Å². The van der Waals surface area contributed by atoms with Gasteiger partial charge >= 0.3 is 0 Å². The number of aromatic amines is 1. The number of rotatable bonds is 8. The van der Waals surface area contributed by atoms with Gasteiger partial charge in [0.25, 0.3) is 11.8 Å². The van der Waals surface area contributed by atoms with Crippen molar-refractivity contribution in [3.05, 3.63) is 89.2 Å². The van der Waals surface area contributed by atoms with Crippen LogP contribution >= 0.6 is 0 Å². The maximum atomic E-state index is 14.2. The van der Waals surface area contributed by atoms with Gasteiger partial charge in [0.2, 0.25) is 17.7 Å². The summed E-state index contributed by atoms with van der Waals surface area (Å²) in [5, 5.41) is 8.85. The predicted octanol–water partition coefficient (Wildman–Crippen LogP) is 2.17. The molecule has 2 bridgehead atoms. The van der Waals surface area contributed by atoms with Crippen LogP contribution in [0.5, 0.6) is 5.75 Å². The number of fused-ring (bicyclic) bond motifs is 4. The first-order valence-corrected chi connectivity index (χ1v) is 17.4. The van der Waals surface area contributed by atoms with Crippen LogP contribution in [-0.2, 0) is 30.3 Å². The molecule has 5 rings (SSSR count). The number of ether oxygens (including phenoxy) is 2. The van der Waals surface area contributed by atoms with Crippen LogP contribution in [0.3, 0.4) is 0 Å². The summed E-state index contributed by atoms with van der Waals surface area (Å²) < 4.78 is 11.1. The van der Waals surface area contributed by atoms with Crippen molar-refractivity contribution in [3.63, 3.8) is 0 Å². The van der Waals surface area contributed by atoms with Crippen LogP contribution in [0.15, 0.2) is 66.9 Å². The number of methoxy groups -OCH3 is 1. The molecule has 0 radical (unpaired) electrons. The van der Waals surface area contributed by atoms with Crippen LogP contribution in [0.4, 0.5) is 0 Å². The summed E-state index contributed by atoms with van der Waals surface area (Å²) in [6.45, 7) is 5.84. The number of aromatic nitrogens is 1. The second kappa shape index (κ2) is 17.2. The molecule has 13 nitrogen and oxygen atoms in total. The van der Waals surface area contributed by atoms with Gasteiger partial charge in [-0.25, -0.2) is 0 Å². The number of benzene rings is 2. The number of nitrogens with zero attached hydrogens (tertiary/aromatic N) is 2. The number of aryl methyl sites for hydroxylation is 1. The summed E-state index contributed by atoms with van der Waals surface area (Å²) in [5.74, 6) is -1.87. The fourth-order valence-electron chi connectivity index (χ4n) is 6.67. The molecule has 272 valence electrons. The van der Waals surface area contributed by atoms with Gasteiger partial charge in [-0.1, -0.05) is 56.3 Å². The lowest BCUT2D eigenvalue weighted by Crippen LogP contribution is -2.56. The topological polar surface area (TPSA) is 162 Å². The molecular weight excluding hydrogens is 652 g/mol. The van der Waals surface area contributed by atoms with E-state index in [9.17, 15) is 24.0 Å². The van der Waals surface area contributed by atoms with Crippen molar-refractivity contribution in [1.82, 2.24) is 30.7 Å². The Morgan fingerprint density at radius 1 is 0.941 bits per heavy atom. The number of hydrogen-bond donors (Lipinski definition) is 4. The Bertz CT molecular complexity index is 1690. The average Bonchev–Trinajstić information content (AvgIpc) is 3.74. The Balaban J connectivity index is 1.51. The molecule has 5 amide bonds. The highest BCUT2D eigenvalue weighted by Gasteiger charge is 2.39. The molecule has 2 aliphatic rings. The Morgan fingerprint density at radius 3 is 2.41 bits per heavy atom. The summed E-state index contributed by atoms with van der Waals surface area (Å²) in [6, 6.07) is 15.9. The second-order valence-corrected chi connectivity index (χ2v) is 13.6. The van der Waals surface area contributed by atoms with Crippen molar-refractivity contribution in [2.45, 2.75) is 57.7 Å². The van der Waals surface area contributed by atoms with Gasteiger partial charge in [0.15, 0.2) is 6.61 Å². The third-order valence-corrected chi connectivity index (χ3v) is 9.26. The average molecular weight is 701 g/mol. The van der Waals surface area contributed by atoms with Crippen LogP contribution in [-0.4, -0.2) is 109 Å². The number of amides is 5. The van der Waals surface area contributed by atoms with Gasteiger partial charge in [0.1, 0.15) is 17.8 Å². The van der Waals surface area contributed by atoms with Crippen molar-refractivity contribution in [1.29, 1.82) is 0 Å². The van der Waals surface area contributed by atoms with Crippen LogP contribution < -0.4 is 20.7 Å². The van der Waals surface area contributed by atoms with Gasteiger partial charge < -0.3 is 40.2 Å². The highest BCUT2D eigenvalue weighted by Crippen LogP contribution is 2.31. The van der Waals surface area contributed by atoms with E-state index in [0.29, 0.717) is 24.3 Å². The number of hydrogen-bond acceptors (Lipinski definition) is 7. The summed E-state index contributed by atoms with van der Waals surface area (Å²) in [4.78, 5) is 74.8. The SMILES string of the molecule is COCCN1CC(=O)N[C@@H](Cc2ccccc2)C(=O)N[C@@H]2CN(C(=O)c3cc[nH]c3C)C[C@H]2c2cccc(c2)OCC(=O)N[C@H](CC(C)C)C1=O. The van der Waals surface area contributed by atoms with E-state index in [1.807, 2.05) is 63.2 Å². The lowest BCUT2D eigenvalue weighted by molar-refractivity contribution is -0.141. The molecule has 3 aromatic rings. The van der Waals surface area contributed by atoms with E-state index in [4.69, 9.17) is 9.47 Å². The zero-order valence-corrected chi connectivity index (χ0v) is 29.6. The van der Waals surface area contributed by atoms with Crippen molar-refractivity contribution >= 4 is 29.5 Å². The van der Waals surface area contributed by atoms with Crippen molar-refractivity contribution in [3.8, 4) is 5.75 Å². The monoisotopic (exact) mass is 700 g/mol. The van der Waals surface area contributed by atoms with E-state index in [1.165, 1.54) is 12.0 Å². The molecule has 13 heteroatoms. The number of nitrogens with one attached hydrogen (secondary N) is 4. The van der Waals surface area contributed by atoms with E-state index in [1.54, 1.807) is 29.3 Å². The Kier molecular flexibility index (Phi) is 12.5. The van der Waals surface area contributed by atoms with Crippen molar-refractivity contribution < 1.29 is 33.4 Å². The van der Waals surface area contributed by atoms with Crippen LogP contribution in [0.2, 0.25) is 0 Å². The molecule has 0 unspecified atom stereocenters. The fraction of sp³-hybridized carbons (Fsp3) is 0.447. The minimum Gasteiger partial charge on any atom is -0.484 e. The molecule has 0 aliphatic carbocycles. The molecule has 51 heavy (non-hydrogen) atoms. The highest BCUT2D eigenvalue weighted by molar-refractivity contribution is 5.96. The van der Waals surface area contributed by atoms with E-state index in [-0.39, 0.29) is 57.0 Å². The van der Waals surface area contributed by atoms with Gasteiger partial charge in [-0.05, 0) is 48.6 Å². The highest BCUT2D eigenvalue weighted by atomic mass is 16.5. The smallest absolute Gasteiger partial charge is 0.258 e. The van der Waals surface area contributed by atoms with Gasteiger partial charge in [-0.15, -0.1) is 0 Å². The summed E-state index contributed by atoms with van der Waals surface area (Å²) in [5.41, 5.74) is 2.94. The first-order chi connectivity index (χ1) is 24.5. The zero-order chi connectivity index (χ0) is 36.5. The third-order valence-electron chi connectivity index (χ3n) is 9.26. The van der Waals surface area contributed by atoms with E-state index in [2.05, 4.69) is 20.9 Å². The summed E-state index contributed by atoms with van der Waals surface area (Å²) >= 11 is 0. The van der Waals surface area contributed by atoms with Crippen molar-refractivity contribution in [2.24, 2.45) is 5.92 Å². The normalized spacial score (nSPS) is 22.0. The van der Waals surface area contributed by atoms with Crippen LogP contribution in [0.25, 0.3) is 0 Å². The number of likely N-dealkylation sites (tertiary alicyclic amines) is 1. The molecule has 0 saturated carbocycles. The molecule has 2 aromatic carbocycles. The third kappa shape index (κ3) is 9.75. The lowest BCUT2D eigenvalue weighted by atomic mass is 9.93. The molecule has 4 N–H and O–H groups in total. The molecule has 4 atom stereocenters.